The molecule has 2 aromatic carbocycles. The van der Waals surface area contributed by atoms with Gasteiger partial charge in [-0.1, -0.05) is 28.4 Å². The van der Waals surface area contributed by atoms with Crippen molar-refractivity contribution in [2.24, 2.45) is 0 Å². The number of halogens is 2. The first-order valence-corrected chi connectivity index (χ1v) is 9.37. The van der Waals surface area contributed by atoms with Crippen LogP contribution in [0, 0.1) is 0 Å². The predicted octanol–water partition coefficient (Wildman–Crippen LogP) is 5.10. The van der Waals surface area contributed by atoms with Gasteiger partial charge < -0.3 is 14.2 Å². The molecular weight excluding hydrogens is 401 g/mol. The summed E-state index contributed by atoms with van der Waals surface area (Å²) < 4.78 is 10.5. The Morgan fingerprint density at radius 2 is 1.86 bits per heavy atom. The van der Waals surface area contributed by atoms with Gasteiger partial charge in [0.25, 0.3) is 5.91 Å². The summed E-state index contributed by atoms with van der Waals surface area (Å²) in [4.78, 5) is 19.0. The van der Waals surface area contributed by atoms with Crippen molar-refractivity contribution in [3.63, 3.8) is 0 Å². The Hall–Kier alpha value is -2.57. The van der Waals surface area contributed by atoms with Gasteiger partial charge >= 0.3 is 0 Å². The first kappa shape index (κ1) is 20.2. The highest BCUT2D eigenvalue weighted by Crippen LogP contribution is 2.25. The Labute approximate surface area is 173 Å². The molecule has 0 radical (unpaired) electrons. The fourth-order valence-corrected chi connectivity index (χ4v) is 2.90. The van der Waals surface area contributed by atoms with E-state index in [1.165, 1.54) is 0 Å². The second-order valence-corrected chi connectivity index (χ2v) is 7.21. The van der Waals surface area contributed by atoms with Crippen LogP contribution >= 0.6 is 23.2 Å². The molecule has 1 heterocycles. The lowest BCUT2D eigenvalue weighted by Crippen LogP contribution is -2.36. The summed E-state index contributed by atoms with van der Waals surface area (Å²) in [5, 5.41) is 4.74. The third-order valence-corrected chi connectivity index (χ3v) is 4.91. The van der Waals surface area contributed by atoms with Gasteiger partial charge in [0.15, 0.2) is 0 Å². The highest BCUT2D eigenvalue weighted by atomic mass is 35.5. The molecule has 0 aliphatic carbocycles. The molecule has 0 unspecified atom stereocenters. The van der Waals surface area contributed by atoms with Crippen LogP contribution in [0.3, 0.4) is 0 Å². The van der Waals surface area contributed by atoms with Crippen molar-refractivity contribution in [2.75, 3.05) is 7.11 Å². The SMILES string of the molecule is COc1ccc(-c2noc(CN(C(=O)c3ccc(Cl)c(Cl)c3)C(C)C)n2)cc1. The van der Waals surface area contributed by atoms with E-state index in [0.717, 1.165) is 11.3 Å². The van der Waals surface area contributed by atoms with Gasteiger partial charge in [-0.2, -0.15) is 4.98 Å². The molecule has 0 aliphatic heterocycles. The maximum Gasteiger partial charge on any atom is 0.254 e. The molecule has 0 saturated carbocycles. The molecule has 8 heteroatoms. The van der Waals surface area contributed by atoms with Crippen LogP contribution in [0.25, 0.3) is 11.4 Å². The molecule has 0 fully saturated rings. The number of methoxy groups -OCH3 is 1. The summed E-state index contributed by atoms with van der Waals surface area (Å²) in [5.41, 5.74) is 1.24. The number of aromatic nitrogens is 2. The molecular formula is C20H19Cl2N3O3. The molecule has 0 N–H and O–H groups in total. The number of amides is 1. The van der Waals surface area contributed by atoms with E-state index in [1.807, 2.05) is 38.1 Å². The molecule has 146 valence electrons. The fraction of sp³-hybridized carbons (Fsp3) is 0.250. The predicted molar refractivity (Wildman–Crippen MR) is 108 cm³/mol. The Morgan fingerprint density at radius 3 is 2.46 bits per heavy atom. The minimum atomic E-state index is -0.197. The molecule has 6 nitrogen and oxygen atoms in total. The molecule has 0 spiro atoms. The molecule has 1 aromatic heterocycles. The highest BCUT2D eigenvalue weighted by molar-refractivity contribution is 6.42. The normalized spacial score (nSPS) is 10.9. The average molecular weight is 420 g/mol. The number of carbonyl (C=O) groups is 1. The summed E-state index contributed by atoms with van der Waals surface area (Å²) in [7, 11) is 1.60. The number of hydrogen-bond donors (Lipinski definition) is 0. The molecule has 0 bridgehead atoms. The number of ether oxygens (including phenoxy) is 1. The lowest BCUT2D eigenvalue weighted by atomic mass is 10.1. The minimum Gasteiger partial charge on any atom is -0.497 e. The summed E-state index contributed by atoms with van der Waals surface area (Å²) >= 11 is 12.0. The van der Waals surface area contributed by atoms with Gasteiger partial charge in [0, 0.05) is 17.2 Å². The third kappa shape index (κ3) is 4.46. The topological polar surface area (TPSA) is 68.5 Å². The van der Waals surface area contributed by atoms with Crippen LogP contribution in [0.5, 0.6) is 5.75 Å². The Morgan fingerprint density at radius 1 is 1.14 bits per heavy atom. The first-order chi connectivity index (χ1) is 13.4. The zero-order valence-electron chi connectivity index (χ0n) is 15.6. The van der Waals surface area contributed by atoms with E-state index in [2.05, 4.69) is 10.1 Å². The molecule has 0 saturated heterocycles. The van der Waals surface area contributed by atoms with E-state index in [9.17, 15) is 4.79 Å². The summed E-state index contributed by atoms with van der Waals surface area (Å²) in [6.07, 6.45) is 0. The smallest absolute Gasteiger partial charge is 0.254 e. The summed E-state index contributed by atoms with van der Waals surface area (Å²) in [6.45, 7) is 4.01. The van der Waals surface area contributed by atoms with Gasteiger partial charge in [-0.15, -0.1) is 0 Å². The van der Waals surface area contributed by atoms with Crippen LogP contribution in [-0.4, -0.2) is 34.1 Å². The lowest BCUT2D eigenvalue weighted by Gasteiger charge is -2.25. The van der Waals surface area contributed by atoms with E-state index in [4.69, 9.17) is 32.5 Å². The van der Waals surface area contributed by atoms with Gasteiger partial charge in [0.2, 0.25) is 11.7 Å². The molecule has 3 aromatic rings. The van der Waals surface area contributed by atoms with Crippen molar-refractivity contribution in [3.05, 3.63) is 64.0 Å². The maximum atomic E-state index is 12.9. The van der Waals surface area contributed by atoms with Crippen LogP contribution in [-0.2, 0) is 6.54 Å². The van der Waals surface area contributed by atoms with Crippen molar-refractivity contribution in [3.8, 4) is 17.1 Å². The number of benzene rings is 2. The fourth-order valence-electron chi connectivity index (χ4n) is 2.61. The molecule has 1 amide bonds. The van der Waals surface area contributed by atoms with Crippen LogP contribution in [0.4, 0.5) is 0 Å². The summed E-state index contributed by atoms with van der Waals surface area (Å²) in [5.74, 6) is 1.33. The zero-order valence-corrected chi connectivity index (χ0v) is 17.2. The van der Waals surface area contributed by atoms with Crippen LogP contribution < -0.4 is 4.74 Å². The Kier molecular flexibility index (Phi) is 6.21. The lowest BCUT2D eigenvalue weighted by molar-refractivity contribution is 0.0667. The van der Waals surface area contributed by atoms with Crippen molar-refractivity contribution in [1.29, 1.82) is 0 Å². The maximum absolute atomic E-state index is 12.9. The van der Waals surface area contributed by atoms with Crippen molar-refractivity contribution in [2.45, 2.75) is 26.4 Å². The van der Waals surface area contributed by atoms with E-state index in [1.54, 1.807) is 30.2 Å². The largest absolute Gasteiger partial charge is 0.497 e. The van der Waals surface area contributed by atoms with Crippen molar-refractivity contribution in [1.82, 2.24) is 15.0 Å². The molecule has 3 rings (SSSR count). The number of rotatable bonds is 6. The number of carbonyl (C=O) groups excluding carboxylic acids is 1. The zero-order chi connectivity index (χ0) is 20.3. The second-order valence-electron chi connectivity index (χ2n) is 6.40. The summed E-state index contributed by atoms with van der Waals surface area (Å²) in [6, 6.07) is 12.0. The van der Waals surface area contributed by atoms with Gasteiger partial charge in [-0.25, -0.2) is 0 Å². The number of hydrogen-bond acceptors (Lipinski definition) is 5. The monoisotopic (exact) mass is 419 g/mol. The quantitative estimate of drug-likeness (QED) is 0.555. The van der Waals surface area contributed by atoms with Gasteiger partial charge in [0.05, 0.1) is 17.2 Å². The minimum absolute atomic E-state index is 0.0849. The van der Waals surface area contributed by atoms with Crippen LogP contribution in [0.15, 0.2) is 47.0 Å². The molecule has 0 atom stereocenters. The first-order valence-electron chi connectivity index (χ1n) is 8.62. The molecule has 28 heavy (non-hydrogen) atoms. The van der Waals surface area contributed by atoms with Gasteiger partial charge in [-0.3, -0.25) is 4.79 Å². The van der Waals surface area contributed by atoms with Gasteiger partial charge in [0.1, 0.15) is 12.3 Å². The van der Waals surface area contributed by atoms with E-state index in [-0.39, 0.29) is 18.5 Å². The highest BCUT2D eigenvalue weighted by Gasteiger charge is 2.22. The Balaban J connectivity index is 1.80. The van der Waals surface area contributed by atoms with Crippen LogP contribution in [0.2, 0.25) is 10.0 Å². The van der Waals surface area contributed by atoms with Crippen molar-refractivity contribution >= 4 is 29.1 Å². The van der Waals surface area contributed by atoms with Gasteiger partial charge in [-0.05, 0) is 56.3 Å². The molecule has 0 aliphatic rings. The van der Waals surface area contributed by atoms with Crippen LogP contribution in [0.1, 0.15) is 30.1 Å². The number of nitrogens with zero attached hydrogens (tertiary/aromatic N) is 3. The van der Waals surface area contributed by atoms with E-state index < -0.39 is 0 Å². The standard InChI is InChI=1S/C20H19Cl2N3O3/c1-12(2)25(20(26)14-6-9-16(21)17(22)10-14)11-18-23-19(24-28-18)13-4-7-15(27-3)8-5-13/h4-10,12H,11H2,1-3H3. The Bertz CT molecular complexity index is 971. The third-order valence-electron chi connectivity index (χ3n) is 4.17. The average Bonchev–Trinajstić information content (AvgIpc) is 3.16. The second kappa shape index (κ2) is 8.63. The van der Waals surface area contributed by atoms with E-state index in [0.29, 0.717) is 27.3 Å². The van der Waals surface area contributed by atoms with E-state index >= 15 is 0 Å². The van der Waals surface area contributed by atoms with Crippen molar-refractivity contribution < 1.29 is 14.1 Å².